The Balaban J connectivity index is 2.36. The van der Waals surface area contributed by atoms with Crippen LogP contribution in [0, 0.1) is 13.8 Å². The van der Waals surface area contributed by atoms with Crippen LogP contribution in [0.5, 0.6) is 0 Å². The number of rotatable bonds is 3. The maximum Gasteiger partial charge on any atom is 0.0457 e. The van der Waals surface area contributed by atoms with Gasteiger partial charge in [-0.1, -0.05) is 42.5 Å². The smallest absolute Gasteiger partial charge is 0.0457 e. The Bertz CT molecular complexity index is 541. The Kier molecular flexibility index (Phi) is 3.29. The molecular formula is C16H17N. The highest BCUT2D eigenvalue weighted by atomic mass is 14.9. The molecule has 0 heterocycles. The Morgan fingerprint density at radius 1 is 1.00 bits per heavy atom. The van der Waals surface area contributed by atoms with Crippen LogP contribution in [-0.4, -0.2) is 0 Å². The SMILES string of the molecule is C=Cc1cc(C)ccc1Nc1ccccc1C. The maximum absolute atomic E-state index is 3.86. The van der Waals surface area contributed by atoms with E-state index in [-0.39, 0.29) is 0 Å². The van der Waals surface area contributed by atoms with Crippen molar-refractivity contribution in [2.45, 2.75) is 13.8 Å². The van der Waals surface area contributed by atoms with Crippen LogP contribution in [0.4, 0.5) is 11.4 Å². The zero-order chi connectivity index (χ0) is 12.3. The van der Waals surface area contributed by atoms with E-state index in [9.17, 15) is 0 Å². The fourth-order valence-corrected chi connectivity index (χ4v) is 1.82. The molecule has 0 fully saturated rings. The molecule has 0 bridgehead atoms. The third-order valence-electron chi connectivity index (χ3n) is 2.84. The summed E-state index contributed by atoms with van der Waals surface area (Å²) in [5, 5.41) is 3.45. The monoisotopic (exact) mass is 223 g/mol. The molecule has 2 rings (SSSR count). The van der Waals surface area contributed by atoms with Crippen molar-refractivity contribution in [3.05, 3.63) is 65.7 Å². The summed E-state index contributed by atoms with van der Waals surface area (Å²) >= 11 is 0. The van der Waals surface area contributed by atoms with E-state index in [0.717, 1.165) is 16.9 Å². The lowest BCUT2D eigenvalue weighted by atomic mass is 10.1. The van der Waals surface area contributed by atoms with Crippen molar-refractivity contribution >= 4 is 17.5 Å². The minimum atomic E-state index is 1.10. The standard InChI is InChI=1S/C16H17N/c1-4-14-11-12(2)9-10-16(14)17-15-8-6-5-7-13(15)3/h4-11,17H,1H2,2-3H3. The summed E-state index contributed by atoms with van der Waals surface area (Å²) in [7, 11) is 0. The van der Waals surface area contributed by atoms with E-state index in [2.05, 4.69) is 56.1 Å². The molecular weight excluding hydrogens is 206 g/mol. The van der Waals surface area contributed by atoms with Crippen LogP contribution >= 0.6 is 0 Å². The van der Waals surface area contributed by atoms with Crippen molar-refractivity contribution in [2.75, 3.05) is 5.32 Å². The van der Waals surface area contributed by atoms with Gasteiger partial charge in [-0.2, -0.15) is 0 Å². The van der Waals surface area contributed by atoms with Gasteiger partial charge >= 0.3 is 0 Å². The molecule has 0 amide bonds. The molecule has 0 aliphatic carbocycles. The van der Waals surface area contributed by atoms with Gasteiger partial charge in [-0.05, 0) is 43.2 Å². The van der Waals surface area contributed by atoms with E-state index in [1.807, 2.05) is 18.2 Å². The number of para-hydroxylation sites is 1. The molecule has 1 N–H and O–H groups in total. The first-order valence-electron chi connectivity index (χ1n) is 5.76. The largest absolute Gasteiger partial charge is 0.355 e. The van der Waals surface area contributed by atoms with Gasteiger partial charge in [-0.3, -0.25) is 0 Å². The van der Waals surface area contributed by atoms with Gasteiger partial charge in [-0.25, -0.2) is 0 Å². The maximum atomic E-state index is 3.86. The lowest BCUT2D eigenvalue weighted by Crippen LogP contribution is -1.95. The molecule has 2 aromatic carbocycles. The van der Waals surface area contributed by atoms with E-state index in [1.54, 1.807) is 0 Å². The molecule has 86 valence electrons. The van der Waals surface area contributed by atoms with Crippen molar-refractivity contribution in [1.82, 2.24) is 0 Å². The average molecular weight is 223 g/mol. The molecule has 0 saturated heterocycles. The summed E-state index contributed by atoms with van der Waals surface area (Å²) in [5.74, 6) is 0. The van der Waals surface area contributed by atoms with Crippen molar-refractivity contribution in [2.24, 2.45) is 0 Å². The first-order valence-corrected chi connectivity index (χ1v) is 5.76. The topological polar surface area (TPSA) is 12.0 Å². The molecule has 0 spiro atoms. The molecule has 1 nitrogen and oxygen atoms in total. The normalized spacial score (nSPS) is 10.0. The zero-order valence-electron chi connectivity index (χ0n) is 10.3. The minimum Gasteiger partial charge on any atom is -0.355 e. The zero-order valence-corrected chi connectivity index (χ0v) is 10.3. The lowest BCUT2D eigenvalue weighted by molar-refractivity contribution is 1.40. The lowest BCUT2D eigenvalue weighted by Gasteiger charge is -2.12. The minimum absolute atomic E-state index is 1.10. The van der Waals surface area contributed by atoms with Gasteiger partial charge in [0.15, 0.2) is 0 Å². The predicted molar refractivity (Wildman–Crippen MR) is 75.7 cm³/mol. The molecule has 0 unspecified atom stereocenters. The van der Waals surface area contributed by atoms with E-state index in [1.165, 1.54) is 11.1 Å². The van der Waals surface area contributed by atoms with Crippen LogP contribution in [0.2, 0.25) is 0 Å². The third-order valence-corrected chi connectivity index (χ3v) is 2.84. The molecule has 0 atom stereocenters. The van der Waals surface area contributed by atoms with Crippen molar-refractivity contribution < 1.29 is 0 Å². The number of benzene rings is 2. The quantitative estimate of drug-likeness (QED) is 0.796. The van der Waals surface area contributed by atoms with Crippen molar-refractivity contribution in [3.63, 3.8) is 0 Å². The first-order chi connectivity index (χ1) is 8.20. The second-order valence-corrected chi connectivity index (χ2v) is 4.23. The van der Waals surface area contributed by atoms with E-state index in [4.69, 9.17) is 0 Å². The molecule has 0 aliphatic rings. The number of hydrogen-bond acceptors (Lipinski definition) is 1. The summed E-state index contributed by atoms with van der Waals surface area (Å²) in [6, 6.07) is 14.6. The summed E-state index contributed by atoms with van der Waals surface area (Å²) in [5.41, 5.74) is 5.85. The fraction of sp³-hybridized carbons (Fsp3) is 0.125. The van der Waals surface area contributed by atoms with Gasteiger partial charge in [0.1, 0.15) is 0 Å². The summed E-state index contributed by atoms with van der Waals surface area (Å²) < 4.78 is 0. The number of aryl methyl sites for hydroxylation is 2. The second kappa shape index (κ2) is 4.88. The number of nitrogens with one attached hydrogen (secondary N) is 1. The second-order valence-electron chi connectivity index (χ2n) is 4.23. The van der Waals surface area contributed by atoms with Crippen LogP contribution in [0.15, 0.2) is 49.0 Å². The van der Waals surface area contributed by atoms with Gasteiger partial charge in [0.2, 0.25) is 0 Å². The van der Waals surface area contributed by atoms with Crippen LogP contribution < -0.4 is 5.32 Å². The van der Waals surface area contributed by atoms with Gasteiger partial charge in [0, 0.05) is 11.4 Å². The highest BCUT2D eigenvalue weighted by molar-refractivity contribution is 5.73. The van der Waals surface area contributed by atoms with Crippen LogP contribution in [-0.2, 0) is 0 Å². The van der Waals surface area contributed by atoms with Gasteiger partial charge in [0.05, 0.1) is 0 Å². The Morgan fingerprint density at radius 2 is 1.76 bits per heavy atom. The molecule has 0 radical (unpaired) electrons. The highest BCUT2D eigenvalue weighted by Gasteiger charge is 2.01. The van der Waals surface area contributed by atoms with Gasteiger partial charge in [-0.15, -0.1) is 0 Å². The van der Waals surface area contributed by atoms with Crippen LogP contribution in [0.25, 0.3) is 6.08 Å². The molecule has 1 heteroatoms. The summed E-state index contributed by atoms with van der Waals surface area (Å²) in [4.78, 5) is 0. The molecule has 0 saturated carbocycles. The third kappa shape index (κ3) is 2.56. The molecule has 0 aliphatic heterocycles. The van der Waals surface area contributed by atoms with E-state index in [0.29, 0.717) is 0 Å². The molecule has 2 aromatic rings. The average Bonchev–Trinajstić information content (AvgIpc) is 2.34. The van der Waals surface area contributed by atoms with Crippen LogP contribution in [0.3, 0.4) is 0 Å². The summed E-state index contributed by atoms with van der Waals surface area (Å²) in [6.45, 7) is 8.05. The van der Waals surface area contributed by atoms with Crippen LogP contribution in [0.1, 0.15) is 16.7 Å². The van der Waals surface area contributed by atoms with E-state index < -0.39 is 0 Å². The Morgan fingerprint density at radius 3 is 2.47 bits per heavy atom. The predicted octanol–water partition coefficient (Wildman–Crippen LogP) is 4.69. The highest BCUT2D eigenvalue weighted by Crippen LogP contribution is 2.24. The molecule has 17 heavy (non-hydrogen) atoms. The van der Waals surface area contributed by atoms with Crippen molar-refractivity contribution in [3.8, 4) is 0 Å². The first kappa shape index (κ1) is 11.5. The fourth-order valence-electron chi connectivity index (χ4n) is 1.82. The van der Waals surface area contributed by atoms with E-state index >= 15 is 0 Å². The van der Waals surface area contributed by atoms with Gasteiger partial charge < -0.3 is 5.32 Å². The van der Waals surface area contributed by atoms with Crippen molar-refractivity contribution in [1.29, 1.82) is 0 Å². The van der Waals surface area contributed by atoms with Gasteiger partial charge in [0.25, 0.3) is 0 Å². The number of anilines is 2. The Labute approximate surface area is 103 Å². The number of hydrogen-bond donors (Lipinski definition) is 1. The molecule has 0 aromatic heterocycles. The Hall–Kier alpha value is -2.02. The summed E-state index contributed by atoms with van der Waals surface area (Å²) in [6.07, 6.45) is 1.88.